The Balaban J connectivity index is 2.47. The first-order valence-electron chi connectivity index (χ1n) is 7.90. The summed E-state index contributed by atoms with van der Waals surface area (Å²) in [4.78, 5) is 11.8. The van der Waals surface area contributed by atoms with Gasteiger partial charge in [0.15, 0.2) is 0 Å². The van der Waals surface area contributed by atoms with Crippen molar-refractivity contribution < 1.29 is 14.6 Å². The SMILES string of the molecule is CCOc1cc(C)ccc1CNC(=O)NCC(O)C(C)CC. The fourth-order valence-corrected chi connectivity index (χ4v) is 2.01. The van der Waals surface area contributed by atoms with E-state index in [0.29, 0.717) is 13.2 Å². The first-order valence-corrected chi connectivity index (χ1v) is 7.90. The van der Waals surface area contributed by atoms with Crippen LogP contribution >= 0.6 is 0 Å². The third-order valence-corrected chi connectivity index (χ3v) is 3.73. The summed E-state index contributed by atoms with van der Waals surface area (Å²) >= 11 is 0. The lowest BCUT2D eigenvalue weighted by Gasteiger charge is -2.18. The lowest BCUT2D eigenvalue weighted by molar-refractivity contribution is 0.114. The quantitative estimate of drug-likeness (QED) is 0.691. The first-order chi connectivity index (χ1) is 10.5. The van der Waals surface area contributed by atoms with Gasteiger partial charge in [0.05, 0.1) is 12.7 Å². The third-order valence-electron chi connectivity index (χ3n) is 3.73. The van der Waals surface area contributed by atoms with Crippen LogP contribution in [0.1, 0.15) is 38.3 Å². The van der Waals surface area contributed by atoms with Crippen LogP contribution in [0.4, 0.5) is 4.79 Å². The lowest BCUT2D eigenvalue weighted by atomic mass is 10.0. The van der Waals surface area contributed by atoms with E-state index >= 15 is 0 Å². The van der Waals surface area contributed by atoms with Crippen LogP contribution < -0.4 is 15.4 Å². The number of aryl methyl sites for hydroxylation is 1. The zero-order valence-electron chi connectivity index (χ0n) is 14.0. The van der Waals surface area contributed by atoms with Crippen LogP contribution in [-0.2, 0) is 6.54 Å². The normalized spacial score (nSPS) is 13.3. The summed E-state index contributed by atoms with van der Waals surface area (Å²) in [6.07, 6.45) is 0.361. The highest BCUT2D eigenvalue weighted by molar-refractivity contribution is 5.73. The van der Waals surface area contributed by atoms with Crippen LogP contribution in [0, 0.1) is 12.8 Å². The predicted octanol–water partition coefficient (Wildman–Crippen LogP) is 2.60. The molecule has 1 rings (SSSR count). The van der Waals surface area contributed by atoms with Crippen molar-refractivity contribution in [2.75, 3.05) is 13.2 Å². The van der Waals surface area contributed by atoms with Gasteiger partial charge in [0.1, 0.15) is 5.75 Å². The van der Waals surface area contributed by atoms with Gasteiger partial charge >= 0.3 is 6.03 Å². The molecule has 0 radical (unpaired) electrons. The number of carbonyl (C=O) groups excluding carboxylic acids is 1. The van der Waals surface area contributed by atoms with Gasteiger partial charge in [-0.25, -0.2) is 4.79 Å². The van der Waals surface area contributed by atoms with Crippen LogP contribution in [0.25, 0.3) is 0 Å². The van der Waals surface area contributed by atoms with Crippen LogP contribution in [0.5, 0.6) is 5.75 Å². The molecule has 0 aliphatic carbocycles. The first kappa shape index (κ1) is 18.3. The van der Waals surface area contributed by atoms with E-state index in [9.17, 15) is 9.90 Å². The monoisotopic (exact) mass is 308 g/mol. The van der Waals surface area contributed by atoms with Gasteiger partial charge in [0.25, 0.3) is 0 Å². The molecule has 0 spiro atoms. The maximum absolute atomic E-state index is 11.8. The summed E-state index contributed by atoms with van der Waals surface area (Å²) in [7, 11) is 0. The molecule has 0 fully saturated rings. The average molecular weight is 308 g/mol. The number of aliphatic hydroxyl groups excluding tert-OH is 1. The van der Waals surface area contributed by atoms with Crippen molar-refractivity contribution in [3.05, 3.63) is 29.3 Å². The Kier molecular flexibility index (Phi) is 7.74. The van der Waals surface area contributed by atoms with Gasteiger partial charge in [-0.15, -0.1) is 0 Å². The van der Waals surface area contributed by atoms with E-state index in [-0.39, 0.29) is 18.5 Å². The fraction of sp³-hybridized carbons (Fsp3) is 0.588. The van der Waals surface area contributed by atoms with Gasteiger partial charge in [0.2, 0.25) is 0 Å². The number of aliphatic hydroxyl groups is 1. The number of ether oxygens (including phenoxy) is 1. The summed E-state index contributed by atoms with van der Waals surface area (Å²) in [5.41, 5.74) is 2.05. The molecule has 0 bridgehead atoms. The second-order valence-corrected chi connectivity index (χ2v) is 5.56. The molecule has 0 heterocycles. The van der Waals surface area contributed by atoms with Crippen molar-refractivity contribution in [2.24, 2.45) is 5.92 Å². The fourth-order valence-electron chi connectivity index (χ4n) is 2.01. The Morgan fingerprint density at radius 1 is 1.32 bits per heavy atom. The standard InChI is InChI=1S/C17H28N2O3/c1-5-13(4)15(20)11-19-17(21)18-10-14-8-7-12(3)9-16(14)22-6-2/h7-9,13,15,20H,5-6,10-11H2,1-4H3,(H2,18,19,21). The molecular weight excluding hydrogens is 280 g/mol. The van der Waals surface area contributed by atoms with E-state index in [4.69, 9.17) is 4.74 Å². The Morgan fingerprint density at radius 2 is 2.05 bits per heavy atom. The number of benzene rings is 1. The van der Waals surface area contributed by atoms with Crippen LogP contribution in [0.3, 0.4) is 0 Å². The number of nitrogens with one attached hydrogen (secondary N) is 2. The molecule has 1 aromatic carbocycles. The molecule has 0 saturated heterocycles. The van der Waals surface area contributed by atoms with Gasteiger partial charge in [-0.1, -0.05) is 32.4 Å². The largest absolute Gasteiger partial charge is 0.494 e. The highest BCUT2D eigenvalue weighted by Crippen LogP contribution is 2.20. The number of urea groups is 1. The Labute approximate surface area is 133 Å². The highest BCUT2D eigenvalue weighted by atomic mass is 16.5. The second kappa shape index (κ2) is 9.30. The van der Waals surface area contributed by atoms with Gasteiger partial charge in [-0.05, 0) is 31.4 Å². The molecule has 124 valence electrons. The lowest BCUT2D eigenvalue weighted by Crippen LogP contribution is -2.41. The zero-order valence-corrected chi connectivity index (χ0v) is 14.0. The molecule has 22 heavy (non-hydrogen) atoms. The maximum Gasteiger partial charge on any atom is 0.315 e. The summed E-state index contributed by atoms with van der Waals surface area (Å²) in [5, 5.41) is 15.3. The summed E-state index contributed by atoms with van der Waals surface area (Å²) < 4.78 is 5.58. The molecule has 0 aliphatic rings. The molecule has 5 heteroatoms. The van der Waals surface area contributed by atoms with Crippen molar-refractivity contribution in [2.45, 2.75) is 46.8 Å². The van der Waals surface area contributed by atoms with Crippen molar-refractivity contribution in [1.29, 1.82) is 0 Å². The summed E-state index contributed by atoms with van der Waals surface area (Å²) in [6, 6.07) is 5.62. The minimum absolute atomic E-state index is 0.168. The molecule has 2 atom stereocenters. The van der Waals surface area contributed by atoms with E-state index in [1.54, 1.807) is 0 Å². The molecular formula is C17H28N2O3. The maximum atomic E-state index is 11.8. The van der Waals surface area contributed by atoms with Crippen LogP contribution in [0.15, 0.2) is 18.2 Å². The number of rotatable bonds is 8. The summed E-state index contributed by atoms with van der Waals surface area (Å²) in [5.74, 6) is 0.962. The van der Waals surface area contributed by atoms with Crippen LogP contribution in [-0.4, -0.2) is 30.4 Å². The van der Waals surface area contributed by atoms with Crippen LogP contribution in [0.2, 0.25) is 0 Å². The molecule has 2 amide bonds. The topological polar surface area (TPSA) is 70.6 Å². The van der Waals surface area contributed by atoms with Gasteiger partial charge in [-0.3, -0.25) is 0 Å². The van der Waals surface area contributed by atoms with Crippen molar-refractivity contribution >= 4 is 6.03 Å². The minimum Gasteiger partial charge on any atom is -0.494 e. The third kappa shape index (κ3) is 5.93. The van der Waals surface area contributed by atoms with E-state index in [2.05, 4.69) is 10.6 Å². The zero-order chi connectivity index (χ0) is 16.5. The molecule has 0 aromatic heterocycles. The molecule has 2 unspecified atom stereocenters. The van der Waals surface area contributed by atoms with Crippen molar-refractivity contribution in [1.82, 2.24) is 10.6 Å². The summed E-state index contributed by atoms with van der Waals surface area (Å²) in [6.45, 7) is 9.15. The average Bonchev–Trinajstić information content (AvgIpc) is 2.51. The van der Waals surface area contributed by atoms with Crippen molar-refractivity contribution in [3.8, 4) is 5.75 Å². The number of hydrogen-bond acceptors (Lipinski definition) is 3. The van der Waals surface area contributed by atoms with E-state index < -0.39 is 6.10 Å². The van der Waals surface area contributed by atoms with Gasteiger partial charge in [0, 0.05) is 18.7 Å². The molecule has 1 aromatic rings. The van der Waals surface area contributed by atoms with Crippen molar-refractivity contribution in [3.63, 3.8) is 0 Å². The van der Waals surface area contributed by atoms with E-state index in [1.165, 1.54) is 0 Å². The number of carbonyl (C=O) groups is 1. The van der Waals surface area contributed by atoms with E-state index in [0.717, 1.165) is 23.3 Å². The number of amides is 2. The molecule has 0 aliphatic heterocycles. The Hall–Kier alpha value is -1.75. The van der Waals surface area contributed by atoms with Gasteiger partial charge < -0.3 is 20.5 Å². The Morgan fingerprint density at radius 3 is 2.68 bits per heavy atom. The molecule has 0 saturated carbocycles. The predicted molar refractivity (Wildman–Crippen MR) is 88.0 cm³/mol. The number of hydrogen-bond donors (Lipinski definition) is 3. The smallest absolute Gasteiger partial charge is 0.315 e. The minimum atomic E-state index is -0.519. The van der Waals surface area contributed by atoms with Gasteiger partial charge in [-0.2, -0.15) is 0 Å². The highest BCUT2D eigenvalue weighted by Gasteiger charge is 2.13. The second-order valence-electron chi connectivity index (χ2n) is 5.56. The molecule has 3 N–H and O–H groups in total. The van der Waals surface area contributed by atoms with E-state index in [1.807, 2.05) is 45.9 Å². The Bertz CT molecular complexity index is 477. The molecule has 5 nitrogen and oxygen atoms in total.